The van der Waals surface area contributed by atoms with Crippen LogP contribution in [0.5, 0.6) is 0 Å². The molecule has 0 spiro atoms. The molecule has 6 nitrogen and oxygen atoms in total. The van der Waals surface area contributed by atoms with Gasteiger partial charge in [0.25, 0.3) is 0 Å². The quantitative estimate of drug-likeness (QED) is 0.795. The number of nitrogens with zero attached hydrogens (tertiary/aromatic N) is 1. The van der Waals surface area contributed by atoms with Gasteiger partial charge in [0, 0.05) is 31.7 Å². The minimum absolute atomic E-state index is 0.119. The number of carbonyl (C=O) groups excluding carboxylic acids is 1. The average molecular weight is 283 g/mol. The van der Waals surface area contributed by atoms with Crippen LogP contribution in [0.1, 0.15) is 15.9 Å². The molecular weight excluding hydrogens is 266 g/mol. The summed E-state index contributed by atoms with van der Waals surface area (Å²) in [6.45, 7) is 3.85. The zero-order valence-corrected chi connectivity index (χ0v) is 11.5. The summed E-state index contributed by atoms with van der Waals surface area (Å²) in [7, 11) is -3.55. The zero-order chi connectivity index (χ0) is 14.0. The van der Waals surface area contributed by atoms with Crippen LogP contribution < -0.4 is 11.1 Å². The van der Waals surface area contributed by atoms with E-state index >= 15 is 0 Å². The molecule has 0 unspecified atom stereocenters. The Morgan fingerprint density at radius 3 is 2.53 bits per heavy atom. The van der Waals surface area contributed by atoms with Gasteiger partial charge in [0.1, 0.15) is 0 Å². The maximum absolute atomic E-state index is 12.4. The van der Waals surface area contributed by atoms with Crippen molar-refractivity contribution >= 4 is 15.9 Å². The maximum atomic E-state index is 12.4. The largest absolute Gasteiger partial charge is 0.366 e. The van der Waals surface area contributed by atoms with Crippen molar-refractivity contribution in [3.63, 3.8) is 0 Å². The molecule has 1 aromatic carbocycles. The first-order valence-electron chi connectivity index (χ1n) is 6.04. The van der Waals surface area contributed by atoms with E-state index in [1.54, 1.807) is 13.0 Å². The van der Waals surface area contributed by atoms with Crippen LogP contribution in [0.3, 0.4) is 0 Å². The number of aryl methyl sites for hydroxylation is 1. The van der Waals surface area contributed by atoms with Crippen LogP contribution in [-0.2, 0) is 10.0 Å². The number of piperazine rings is 1. The number of carbonyl (C=O) groups is 1. The fourth-order valence-electron chi connectivity index (χ4n) is 2.06. The molecule has 1 amide bonds. The van der Waals surface area contributed by atoms with Crippen molar-refractivity contribution in [1.82, 2.24) is 9.62 Å². The third-order valence-electron chi connectivity index (χ3n) is 3.19. The summed E-state index contributed by atoms with van der Waals surface area (Å²) >= 11 is 0. The molecule has 0 aliphatic carbocycles. The zero-order valence-electron chi connectivity index (χ0n) is 10.7. The number of hydrogen-bond donors (Lipinski definition) is 2. The third-order valence-corrected chi connectivity index (χ3v) is 5.08. The lowest BCUT2D eigenvalue weighted by atomic mass is 10.1. The third kappa shape index (κ3) is 2.78. The molecule has 2 rings (SSSR count). The van der Waals surface area contributed by atoms with E-state index in [1.165, 1.54) is 16.4 Å². The van der Waals surface area contributed by atoms with Crippen molar-refractivity contribution in [2.45, 2.75) is 11.8 Å². The number of amides is 1. The van der Waals surface area contributed by atoms with Crippen LogP contribution in [0.2, 0.25) is 0 Å². The second-order valence-corrected chi connectivity index (χ2v) is 6.43. The van der Waals surface area contributed by atoms with E-state index in [-0.39, 0.29) is 10.5 Å². The number of rotatable bonds is 3. The Morgan fingerprint density at radius 1 is 1.32 bits per heavy atom. The van der Waals surface area contributed by atoms with E-state index in [1.807, 2.05) is 0 Å². The highest BCUT2D eigenvalue weighted by atomic mass is 32.2. The molecule has 0 bridgehead atoms. The number of sulfonamides is 1. The topological polar surface area (TPSA) is 92.5 Å². The van der Waals surface area contributed by atoms with E-state index in [9.17, 15) is 13.2 Å². The van der Waals surface area contributed by atoms with Gasteiger partial charge in [-0.3, -0.25) is 4.79 Å². The highest BCUT2D eigenvalue weighted by Crippen LogP contribution is 2.19. The van der Waals surface area contributed by atoms with Gasteiger partial charge in [0.05, 0.1) is 4.90 Å². The van der Waals surface area contributed by atoms with Crippen LogP contribution >= 0.6 is 0 Å². The normalized spacial score (nSPS) is 17.3. The molecule has 1 fully saturated rings. The first kappa shape index (κ1) is 14.0. The van der Waals surface area contributed by atoms with Gasteiger partial charge in [0.15, 0.2) is 0 Å². The Morgan fingerprint density at radius 2 is 1.95 bits per heavy atom. The van der Waals surface area contributed by atoms with Gasteiger partial charge < -0.3 is 11.1 Å². The highest BCUT2D eigenvalue weighted by Gasteiger charge is 2.26. The molecule has 1 heterocycles. The summed E-state index contributed by atoms with van der Waals surface area (Å²) < 4.78 is 26.3. The highest BCUT2D eigenvalue weighted by molar-refractivity contribution is 7.89. The molecule has 1 aromatic rings. The first-order valence-corrected chi connectivity index (χ1v) is 7.48. The van der Waals surface area contributed by atoms with Gasteiger partial charge >= 0.3 is 0 Å². The Kier molecular flexibility index (Phi) is 3.88. The minimum atomic E-state index is -3.55. The number of nitrogens with one attached hydrogen (secondary N) is 1. The van der Waals surface area contributed by atoms with E-state index in [2.05, 4.69) is 5.32 Å². The van der Waals surface area contributed by atoms with Crippen LogP contribution in [0.25, 0.3) is 0 Å². The molecule has 0 saturated carbocycles. The molecular formula is C12H17N3O3S. The van der Waals surface area contributed by atoms with Gasteiger partial charge in [-0.05, 0) is 24.6 Å². The van der Waals surface area contributed by atoms with Crippen LogP contribution in [0, 0.1) is 6.92 Å². The SMILES string of the molecule is Cc1ccc(S(=O)(=O)N2CCNCC2)cc1C(N)=O. The van der Waals surface area contributed by atoms with Gasteiger partial charge in [-0.2, -0.15) is 4.31 Å². The summed E-state index contributed by atoms with van der Waals surface area (Å²) in [6, 6.07) is 4.48. The smallest absolute Gasteiger partial charge is 0.249 e. The summed E-state index contributed by atoms with van der Waals surface area (Å²) in [5.41, 5.74) is 6.17. The van der Waals surface area contributed by atoms with E-state index < -0.39 is 15.9 Å². The van der Waals surface area contributed by atoms with Gasteiger partial charge in [-0.1, -0.05) is 6.07 Å². The molecule has 1 aliphatic rings. The summed E-state index contributed by atoms with van der Waals surface area (Å²) in [6.07, 6.45) is 0. The fraction of sp³-hybridized carbons (Fsp3) is 0.417. The molecule has 0 radical (unpaired) electrons. The van der Waals surface area contributed by atoms with Crippen molar-refractivity contribution in [2.75, 3.05) is 26.2 Å². The summed E-state index contributed by atoms with van der Waals surface area (Å²) in [4.78, 5) is 11.4. The van der Waals surface area contributed by atoms with Gasteiger partial charge in [-0.25, -0.2) is 8.42 Å². The number of primary amides is 1. The van der Waals surface area contributed by atoms with E-state index in [4.69, 9.17) is 5.73 Å². The predicted octanol–water partition coefficient (Wildman–Crippen LogP) is -0.312. The molecule has 3 N–H and O–H groups in total. The number of benzene rings is 1. The summed E-state index contributed by atoms with van der Waals surface area (Å²) in [5.74, 6) is -0.616. The first-order chi connectivity index (χ1) is 8.93. The van der Waals surface area contributed by atoms with Crippen molar-refractivity contribution in [2.24, 2.45) is 5.73 Å². The Hall–Kier alpha value is -1.44. The lowest BCUT2D eigenvalue weighted by Crippen LogP contribution is -2.46. The monoisotopic (exact) mass is 283 g/mol. The average Bonchev–Trinajstić information content (AvgIpc) is 2.39. The van der Waals surface area contributed by atoms with Crippen LogP contribution in [-0.4, -0.2) is 44.8 Å². The molecule has 19 heavy (non-hydrogen) atoms. The molecule has 1 aliphatic heterocycles. The second-order valence-electron chi connectivity index (χ2n) is 4.50. The van der Waals surface area contributed by atoms with Crippen molar-refractivity contribution < 1.29 is 13.2 Å². The molecule has 0 atom stereocenters. The molecule has 7 heteroatoms. The minimum Gasteiger partial charge on any atom is -0.366 e. The van der Waals surface area contributed by atoms with E-state index in [0.29, 0.717) is 31.7 Å². The van der Waals surface area contributed by atoms with Crippen LogP contribution in [0.4, 0.5) is 0 Å². The van der Waals surface area contributed by atoms with Crippen molar-refractivity contribution in [1.29, 1.82) is 0 Å². The Bertz CT molecular complexity index is 592. The van der Waals surface area contributed by atoms with Crippen LogP contribution in [0.15, 0.2) is 23.1 Å². The maximum Gasteiger partial charge on any atom is 0.249 e. The lowest BCUT2D eigenvalue weighted by molar-refractivity contribution is 0.0999. The van der Waals surface area contributed by atoms with E-state index in [0.717, 1.165) is 0 Å². The fourth-order valence-corrected chi connectivity index (χ4v) is 3.53. The second kappa shape index (κ2) is 5.28. The van der Waals surface area contributed by atoms with Gasteiger partial charge in [-0.15, -0.1) is 0 Å². The summed E-state index contributed by atoms with van der Waals surface area (Å²) in [5, 5.41) is 3.10. The standard InChI is InChI=1S/C12H17N3O3S/c1-9-2-3-10(8-11(9)12(13)16)19(17,18)15-6-4-14-5-7-15/h2-3,8,14H,4-7H2,1H3,(H2,13,16). The van der Waals surface area contributed by atoms with Crippen molar-refractivity contribution in [3.05, 3.63) is 29.3 Å². The Labute approximate surface area is 112 Å². The van der Waals surface area contributed by atoms with Crippen molar-refractivity contribution in [3.8, 4) is 0 Å². The predicted molar refractivity (Wildman–Crippen MR) is 71.3 cm³/mol. The molecule has 1 saturated heterocycles. The van der Waals surface area contributed by atoms with Gasteiger partial charge in [0.2, 0.25) is 15.9 Å². The molecule has 104 valence electrons. The number of nitrogens with two attached hydrogens (primary N) is 1. The number of hydrogen-bond acceptors (Lipinski definition) is 4. The lowest BCUT2D eigenvalue weighted by Gasteiger charge is -2.26. The Balaban J connectivity index is 2.40. The molecule has 0 aromatic heterocycles.